The number of benzene rings is 1. The van der Waals surface area contributed by atoms with E-state index in [0.29, 0.717) is 5.75 Å². The maximum atomic E-state index is 13.1. The standard InChI is InChI=1S/C15H20FN3S/c1-15(2,3)18-9-12-8-17-14(19-12)10-20-13-6-4-5-11(16)7-13/h4-8,18H,9-10H2,1-3H3,(H,17,19). The van der Waals surface area contributed by atoms with Gasteiger partial charge in [0.05, 0.1) is 5.75 Å². The van der Waals surface area contributed by atoms with Crippen LogP contribution in [0.25, 0.3) is 0 Å². The van der Waals surface area contributed by atoms with E-state index in [-0.39, 0.29) is 11.4 Å². The molecule has 0 spiro atoms. The van der Waals surface area contributed by atoms with Gasteiger partial charge in [0, 0.05) is 28.9 Å². The highest BCUT2D eigenvalue weighted by Gasteiger charge is 2.09. The molecule has 0 saturated heterocycles. The second kappa shape index (κ2) is 6.41. The number of aromatic nitrogens is 2. The van der Waals surface area contributed by atoms with E-state index in [4.69, 9.17) is 0 Å². The van der Waals surface area contributed by atoms with Crippen molar-refractivity contribution in [2.45, 2.75) is 43.5 Å². The maximum Gasteiger partial charge on any atom is 0.124 e. The molecule has 0 aliphatic heterocycles. The molecule has 0 amide bonds. The smallest absolute Gasteiger partial charge is 0.124 e. The average Bonchev–Trinajstić information content (AvgIpc) is 2.81. The maximum absolute atomic E-state index is 13.1. The van der Waals surface area contributed by atoms with Crippen LogP contribution in [0.1, 0.15) is 32.3 Å². The molecule has 3 nitrogen and oxygen atoms in total. The summed E-state index contributed by atoms with van der Waals surface area (Å²) in [6.07, 6.45) is 1.85. The highest BCUT2D eigenvalue weighted by molar-refractivity contribution is 7.98. The molecule has 0 atom stereocenters. The normalized spacial score (nSPS) is 11.8. The van der Waals surface area contributed by atoms with Crippen LogP contribution in [0.5, 0.6) is 0 Å². The van der Waals surface area contributed by atoms with Gasteiger partial charge in [-0.15, -0.1) is 11.8 Å². The van der Waals surface area contributed by atoms with Gasteiger partial charge in [-0.05, 0) is 39.0 Å². The van der Waals surface area contributed by atoms with Crippen molar-refractivity contribution in [1.29, 1.82) is 0 Å². The number of nitrogens with one attached hydrogen (secondary N) is 2. The third-order valence-corrected chi connectivity index (χ3v) is 3.67. The summed E-state index contributed by atoms with van der Waals surface area (Å²) in [5, 5.41) is 3.41. The van der Waals surface area contributed by atoms with Crippen LogP contribution in [-0.2, 0) is 12.3 Å². The molecular weight excluding hydrogens is 273 g/mol. The van der Waals surface area contributed by atoms with Gasteiger partial charge in [-0.25, -0.2) is 9.37 Å². The van der Waals surface area contributed by atoms with Gasteiger partial charge in [-0.1, -0.05) is 6.07 Å². The molecule has 0 aliphatic rings. The summed E-state index contributed by atoms with van der Waals surface area (Å²) in [5.41, 5.74) is 1.15. The zero-order valence-corrected chi connectivity index (χ0v) is 12.9. The second-order valence-corrected chi connectivity index (χ2v) is 6.75. The Labute approximate surface area is 123 Å². The van der Waals surface area contributed by atoms with Gasteiger partial charge in [0.2, 0.25) is 0 Å². The van der Waals surface area contributed by atoms with Gasteiger partial charge >= 0.3 is 0 Å². The van der Waals surface area contributed by atoms with E-state index in [1.165, 1.54) is 12.1 Å². The van der Waals surface area contributed by atoms with Gasteiger partial charge < -0.3 is 10.3 Å². The monoisotopic (exact) mass is 293 g/mol. The second-order valence-electron chi connectivity index (χ2n) is 5.70. The SMILES string of the molecule is CC(C)(C)NCc1cnc(CSc2cccc(F)c2)[nH]1. The highest BCUT2D eigenvalue weighted by Crippen LogP contribution is 2.22. The van der Waals surface area contributed by atoms with Crippen molar-refractivity contribution < 1.29 is 4.39 Å². The van der Waals surface area contributed by atoms with Crippen molar-refractivity contribution in [2.24, 2.45) is 0 Å². The zero-order chi connectivity index (χ0) is 14.6. The number of H-pyrrole nitrogens is 1. The van der Waals surface area contributed by atoms with E-state index < -0.39 is 0 Å². The van der Waals surface area contributed by atoms with Crippen LogP contribution in [0.4, 0.5) is 4.39 Å². The Kier molecular flexibility index (Phi) is 4.83. The third-order valence-electron chi connectivity index (χ3n) is 2.66. The number of imidazole rings is 1. The first kappa shape index (κ1) is 15.1. The van der Waals surface area contributed by atoms with E-state index in [1.54, 1.807) is 17.8 Å². The zero-order valence-electron chi connectivity index (χ0n) is 12.0. The Balaban J connectivity index is 1.87. The number of nitrogens with zero attached hydrogens (tertiary/aromatic N) is 1. The van der Waals surface area contributed by atoms with Crippen molar-refractivity contribution in [2.75, 3.05) is 0 Å². The van der Waals surface area contributed by atoms with Crippen LogP contribution in [-0.4, -0.2) is 15.5 Å². The Bertz CT molecular complexity index is 560. The highest BCUT2D eigenvalue weighted by atomic mass is 32.2. The molecule has 0 fully saturated rings. The summed E-state index contributed by atoms with van der Waals surface area (Å²) in [7, 11) is 0. The summed E-state index contributed by atoms with van der Waals surface area (Å²) in [6, 6.07) is 6.61. The van der Waals surface area contributed by atoms with Crippen LogP contribution >= 0.6 is 11.8 Å². The predicted octanol–water partition coefficient (Wildman–Crippen LogP) is 3.73. The lowest BCUT2D eigenvalue weighted by Gasteiger charge is -2.19. The lowest BCUT2D eigenvalue weighted by atomic mass is 10.1. The molecule has 0 bridgehead atoms. The van der Waals surface area contributed by atoms with E-state index in [2.05, 4.69) is 36.1 Å². The first-order valence-corrected chi connectivity index (χ1v) is 7.57. The van der Waals surface area contributed by atoms with Crippen LogP contribution in [0.15, 0.2) is 35.4 Å². The number of hydrogen-bond acceptors (Lipinski definition) is 3. The first-order chi connectivity index (χ1) is 9.42. The number of rotatable bonds is 5. The summed E-state index contributed by atoms with van der Waals surface area (Å²) in [6.45, 7) is 7.15. The van der Waals surface area contributed by atoms with Crippen molar-refractivity contribution in [3.05, 3.63) is 47.8 Å². The van der Waals surface area contributed by atoms with Gasteiger partial charge in [0.1, 0.15) is 11.6 Å². The molecule has 2 N–H and O–H groups in total. The van der Waals surface area contributed by atoms with Gasteiger partial charge in [0.15, 0.2) is 0 Å². The number of halogens is 1. The summed E-state index contributed by atoms with van der Waals surface area (Å²) < 4.78 is 13.1. The Morgan fingerprint density at radius 2 is 2.15 bits per heavy atom. The lowest BCUT2D eigenvalue weighted by molar-refractivity contribution is 0.421. The fourth-order valence-corrected chi connectivity index (χ4v) is 2.46. The molecule has 1 aromatic heterocycles. The fourth-order valence-electron chi connectivity index (χ4n) is 1.64. The average molecular weight is 293 g/mol. The van der Waals surface area contributed by atoms with Crippen LogP contribution in [0, 0.1) is 5.82 Å². The molecule has 0 unspecified atom stereocenters. The number of aromatic amines is 1. The van der Waals surface area contributed by atoms with Gasteiger partial charge in [0.25, 0.3) is 0 Å². The molecule has 2 aromatic rings. The summed E-state index contributed by atoms with van der Waals surface area (Å²) >= 11 is 1.57. The first-order valence-electron chi connectivity index (χ1n) is 6.58. The molecule has 1 heterocycles. The summed E-state index contributed by atoms with van der Waals surface area (Å²) in [5.74, 6) is 1.41. The van der Waals surface area contributed by atoms with Crippen LogP contribution in [0.2, 0.25) is 0 Å². The van der Waals surface area contributed by atoms with E-state index in [0.717, 1.165) is 23.0 Å². The fraction of sp³-hybridized carbons (Fsp3) is 0.400. The third kappa shape index (κ3) is 4.98. The van der Waals surface area contributed by atoms with Crippen LogP contribution < -0.4 is 5.32 Å². The molecule has 20 heavy (non-hydrogen) atoms. The molecule has 1 aromatic carbocycles. The Morgan fingerprint density at radius 1 is 1.35 bits per heavy atom. The molecule has 0 saturated carbocycles. The van der Waals surface area contributed by atoms with E-state index in [9.17, 15) is 4.39 Å². The molecule has 2 rings (SSSR count). The lowest BCUT2D eigenvalue weighted by Crippen LogP contribution is -2.35. The van der Waals surface area contributed by atoms with E-state index >= 15 is 0 Å². The van der Waals surface area contributed by atoms with Crippen molar-refractivity contribution in [1.82, 2.24) is 15.3 Å². The predicted molar refractivity (Wildman–Crippen MR) is 81.1 cm³/mol. The van der Waals surface area contributed by atoms with Gasteiger partial charge in [-0.3, -0.25) is 0 Å². The largest absolute Gasteiger partial charge is 0.344 e. The Morgan fingerprint density at radius 3 is 2.85 bits per heavy atom. The molecule has 5 heteroatoms. The van der Waals surface area contributed by atoms with E-state index in [1.807, 2.05) is 12.3 Å². The van der Waals surface area contributed by atoms with Crippen LogP contribution in [0.3, 0.4) is 0 Å². The topological polar surface area (TPSA) is 40.7 Å². The number of thioether (sulfide) groups is 1. The van der Waals surface area contributed by atoms with Crippen molar-refractivity contribution in [3.63, 3.8) is 0 Å². The van der Waals surface area contributed by atoms with Crippen molar-refractivity contribution >= 4 is 11.8 Å². The molecule has 0 radical (unpaired) electrons. The minimum absolute atomic E-state index is 0.0849. The molecule has 0 aliphatic carbocycles. The minimum Gasteiger partial charge on any atom is -0.344 e. The molecule has 108 valence electrons. The quantitative estimate of drug-likeness (QED) is 0.825. The van der Waals surface area contributed by atoms with Crippen molar-refractivity contribution in [3.8, 4) is 0 Å². The van der Waals surface area contributed by atoms with Gasteiger partial charge in [-0.2, -0.15) is 0 Å². The summed E-state index contributed by atoms with van der Waals surface area (Å²) in [4.78, 5) is 8.54. The Hall–Kier alpha value is -1.33. The number of hydrogen-bond donors (Lipinski definition) is 2. The minimum atomic E-state index is -0.204. The molecular formula is C15H20FN3S.